The van der Waals surface area contributed by atoms with Crippen LogP contribution in [0.1, 0.15) is 6.92 Å². The fourth-order valence-corrected chi connectivity index (χ4v) is 2.04. The van der Waals surface area contributed by atoms with Crippen molar-refractivity contribution in [1.29, 1.82) is 0 Å². The number of hydrogen-bond acceptors (Lipinski definition) is 7. The maximum Gasteiger partial charge on any atom is 0.350 e. The number of rotatable bonds is 5. The molecule has 0 amide bonds. The molecule has 12 nitrogen and oxygen atoms in total. The van der Waals surface area contributed by atoms with Crippen LogP contribution in [0.25, 0.3) is 11.2 Å². The Morgan fingerprint density at radius 3 is 2.57 bits per heavy atom. The molecule has 23 heavy (non-hydrogen) atoms. The number of imidazole rings is 1. The zero-order valence-electron chi connectivity index (χ0n) is 12.0. The quantitative estimate of drug-likeness (QED) is 0.419. The number of aromatic nitrogens is 4. The fourth-order valence-electron chi connectivity index (χ4n) is 1.59. The second-order valence-electron chi connectivity index (χ2n) is 4.38. The van der Waals surface area contributed by atoms with Gasteiger partial charge in [-0.05, 0) is 6.92 Å². The van der Waals surface area contributed by atoms with Gasteiger partial charge in [-0.25, -0.2) is 15.0 Å². The van der Waals surface area contributed by atoms with Crippen molar-refractivity contribution in [1.82, 2.24) is 19.5 Å². The zero-order chi connectivity index (χ0) is 17.6. The average Bonchev–Trinajstić information content (AvgIpc) is 2.80. The minimum atomic E-state index is -4.16. The molecule has 0 aromatic carbocycles. The predicted molar refractivity (Wildman–Crippen MR) is 80.6 cm³/mol. The summed E-state index contributed by atoms with van der Waals surface area (Å²) in [6.07, 6.45) is 1.85. The van der Waals surface area contributed by atoms with E-state index in [-0.39, 0.29) is 5.82 Å². The van der Waals surface area contributed by atoms with Gasteiger partial charge in [0.1, 0.15) is 18.2 Å². The van der Waals surface area contributed by atoms with Crippen molar-refractivity contribution in [3.8, 4) is 0 Å². The fraction of sp³-hybridized carbons (Fsp3) is 0.444. The van der Waals surface area contributed by atoms with E-state index in [0.29, 0.717) is 17.7 Å². The summed E-state index contributed by atoms with van der Waals surface area (Å²) in [5.41, 5.74) is 6.70. The van der Waals surface area contributed by atoms with Crippen molar-refractivity contribution in [3.63, 3.8) is 0 Å². The molecule has 6 N–H and O–H groups in total. The Morgan fingerprint density at radius 1 is 1.39 bits per heavy atom. The highest BCUT2D eigenvalue weighted by atomic mass is 31.2. The van der Waals surface area contributed by atoms with E-state index in [4.69, 9.17) is 34.6 Å². The van der Waals surface area contributed by atoms with Gasteiger partial charge in [0.25, 0.3) is 0 Å². The Labute approximate surface area is 131 Å². The second-order valence-corrected chi connectivity index (χ2v) is 6.53. The molecule has 14 heteroatoms. The minimum Gasteiger partial charge on any atom is -0.382 e. The average molecular weight is 369 g/mol. The van der Waals surface area contributed by atoms with Gasteiger partial charge in [0.15, 0.2) is 11.5 Å². The highest BCUT2D eigenvalue weighted by Crippen LogP contribution is 2.34. The van der Waals surface area contributed by atoms with E-state index in [2.05, 4.69) is 15.0 Å². The van der Waals surface area contributed by atoms with Crippen LogP contribution in [0, 0.1) is 0 Å². The normalized spacial score (nSPS) is 13.0. The number of hydrogen-bond donors (Lipinski definition) is 5. The molecule has 2 aromatic heterocycles. The van der Waals surface area contributed by atoms with E-state index < -0.39 is 28.3 Å². The highest BCUT2D eigenvalue weighted by molar-refractivity contribution is 7.51. The lowest BCUT2D eigenvalue weighted by atomic mass is 10.4. The van der Waals surface area contributed by atoms with E-state index >= 15 is 0 Å². The molecule has 0 spiro atoms. The summed E-state index contributed by atoms with van der Waals surface area (Å²) < 4.78 is 26.2. The number of ether oxygens (including phenoxy) is 1. The van der Waals surface area contributed by atoms with E-state index in [1.807, 2.05) is 0 Å². The van der Waals surface area contributed by atoms with Gasteiger partial charge in [0.05, 0.1) is 19.0 Å². The van der Waals surface area contributed by atoms with Crippen molar-refractivity contribution >= 4 is 32.8 Å². The van der Waals surface area contributed by atoms with E-state index in [9.17, 15) is 4.57 Å². The Hall–Kier alpha value is -1.39. The van der Waals surface area contributed by atoms with Crippen molar-refractivity contribution in [3.05, 3.63) is 12.7 Å². The standard InChI is InChI=1S/C9H14N5O4P.H3O3P/c1-6(18-5-19(15,16)17)2-14-4-13-7-8(10)11-3-12-9(7)14;1-4(2)3/h3-4,6H,2,5H2,1H3,(H2,10,11,12)(H2,15,16,17);4H,(H2,1,2,3)/t6-;/m1./s1. The summed E-state index contributed by atoms with van der Waals surface area (Å²) in [5.74, 6) is 0.285. The van der Waals surface area contributed by atoms with Gasteiger partial charge >= 0.3 is 15.9 Å². The maximum absolute atomic E-state index is 10.7. The van der Waals surface area contributed by atoms with Crippen molar-refractivity contribution < 1.29 is 33.4 Å². The molecule has 0 unspecified atom stereocenters. The number of fused-ring (bicyclic) bond motifs is 1. The third-order valence-electron chi connectivity index (χ3n) is 2.41. The van der Waals surface area contributed by atoms with E-state index in [0.717, 1.165) is 0 Å². The molecule has 0 saturated carbocycles. The van der Waals surface area contributed by atoms with Crippen molar-refractivity contribution in [2.75, 3.05) is 12.1 Å². The number of anilines is 1. The van der Waals surface area contributed by atoms with E-state index in [1.54, 1.807) is 11.5 Å². The number of nitrogen functional groups attached to an aromatic ring is 1. The molecule has 2 heterocycles. The van der Waals surface area contributed by atoms with Gasteiger partial charge in [-0.1, -0.05) is 0 Å². The molecule has 1 atom stereocenters. The summed E-state index contributed by atoms with van der Waals surface area (Å²) in [5, 5.41) is 0. The predicted octanol–water partition coefficient (Wildman–Crippen LogP) is -0.691. The Bertz CT molecular complexity index is 713. The molecule has 2 rings (SSSR count). The van der Waals surface area contributed by atoms with Gasteiger partial charge in [-0.15, -0.1) is 0 Å². The van der Waals surface area contributed by atoms with Crippen LogP contribution in [0.15, 0.2) is 12.7 Å². The van der Waals surface area contributed by atoms with Gasteiger partial charge in [-0.3, -0.25) is 9.13 Å². The molecular weight excluding hydrogens is 352 g/mol. The van der Waals surface area contributed by atoms with Crippen LogP contribution in [-0.4, -0.2) is 51.5 Å². The first-order chi connectivity index (χ1) is 10.6. The highest BCUT2D eigenvalue weighted by Gasteiger charge is 2.16. The second kappa shape index (κ2) is 8.46. The van der Waals surface area contributed by atoms with Crippen LogP contribution in [-0.2, 0) is 20.4 Å². The summed E-state index contributed by atoms with van der Waals surface area (Å²) >= 11 is 0. The molecule has 0 aliphatic carbocycles. The Balaban J connectivity index is 0.000000593. The van der Waals surface area contributed by atoms with Crippen molar-refractivity contribution in [2.24, 2.45) is 0 Å². The van der Waals surface area contributed by atoms with E-state index in [1.165, 1.54) is 12.7 Å². The maximum atomic E-state index is 10.7. The lowest BCUT2D eigenvalue weighted by molar-refractivity contribution is 0.0764. The van der Waals surface area contributed by atoms with Crippen LogP contribution >= 0.6 is 15.9 Å². The summed E-state index contributed by atoms with van der Waals surface area (Å²) in [6, 6.07) is 0. The first kappa shape index (κ1) is 19.7. The SMILES string of the molecule is C[C@H](Cn1cnc2c(N)ncnc21)OCP(=O)(O)O.O=[PH](O)O. The molecule has 0 aliphatic rings. The summed E-state index contributed by atoms with van der Waals surface area (Å²) in [4.78, 5) is 43.7. The molecule has 0 fully saturated rings. The first-order valence-electron chi connectivity index (χ1n) is 6.09. The number of nitrogens with two attached hydrogens (primary N) is 1. The first-order valence-corrected chi connectivity index (χ1v) is 9.19. The summed E-state index contributed by atoms with van der Waals surface area (Å²) in [6.45, 7) is 2.05. The monoisotopic (exact) mass is 369 g/mol. The molecular formula is C9H17N5O7P2. The van der Waals surface area contributed by atoms with Gasteiger partial charge in [-0.2, -0.15) is 0 Å². The minimum absolute atomic E-state index is 0.285. The summed E-state index contributed by atoms with van der Waals surface area (Å²) in [7, 11) is -7.29. The molecule has 130 valence electrons. The number of nitrogens with zero attached hydrogens (tertiary/aromatic N) is 4. The third kappa shape index (κ3) is 7.14. The molecule has 0 radical (unpaired) electrons. The molecule has 0 bridgehead atoms. The van der Waals surface area contributed by atoms with Gasteiger partial charge < -0.3 is 34.6 Å². The van der Waals surface area contributed by atoms with Crippen molar-refractivity contribution in [2.45, 2.75) is 19.6 Å². The Kier molecular flexibility index (Phi) is 7.23. The van der Waals surface area contributed by atoms with Gasteiger partial charge in [0, 0.05) is 0 Å². The zero-order valence-corrected chi connectivity index (χ0v) is 13.9. The lowest BCUT2D eigenvalue weighted by Gasteiger charge is -2.14. The Morgan fingerprint density at radius 2 is 2.00 bits per heavy atom. The van der Waals surface area contributed by atoms with Crippen LogP contribution in [0.5, 0.6) is 0 Å². The van der Waals surface area contributed by atoms with Crippen LogP contribution < -0.4 is 5.73 Å². The smallest absolute Gasteiger partial charge is 0.350 e. The molecule has 2 aromatic rings. The lowest BCUT2D eigenvalue weighted by Crippen LogP contribution is -2.17. The largest absolute Gasteiger partial charge is 0.382 e. The third-order valence-corrected chi connectivity index (χ3v) is 2.90. The topological polar surface area (TPSA) is 194 Å². The van der Waals surface area contributed by atoms with Gasteiger partial charge in [0.2, 0.25) is 0 Å². The van der Waals surface area contributed by atoms with Crippen LogP contribution in [0.3, 0.4) is 0 Å². The van der Waals surface area contributed by atoms with Crippen LogP contribution in [0.2, 0.25) is 0 Å². The molecule has 0 saturated heterocycles. The molecule has 0 aliphatic heterocycles. The van der Waals surface area contributed by atoms with Crippen LogP contribution in [0.4, 0.5) is 5.82 Å².